The summed E-state index contributed by atoms with van der Waals surface area (Å²) in [4.78, 5) is 24.4. The molecule has 2 aliphatic heterocycles. The molecule has 41 heavy (non-hydrogen) atoms. The monoisotopic (exact) mass is 557 g/mol. The van der Waals surface area contributed by atoms with Gasteiger partial charge < -0.3 is 25.0 Å². The number of amides is 2. The van der Waals surface area contributed by atoms with Crippen LogP contribution in [0.1, 0.15) is 44.1 Å². The number of carbonyl (C=O) groups is 1. The lowest BCUT2D eigenvalue weighted by molar-refractivity contribution is 0.122. The van der Waals surface area contributed by atoms with E-state index in [0.29, 0.717) is 37.1 Å². The number of carbonyl (C=O) groups excluding carboxylic acids is 1. The molecule has 0 bridgehead atoms. The number of rotatable bonds is 7. The van der Waals surface area contributed by atoms with E-state index in [1.54, 1.807) is 0 Å². The summed E-state index contributed by atoms with van der Waals surface area (Å²) in [5.74, 6) is 2.53. The topological polar surface area (TPSA) is 104 Å². The van der Waals surface area contributed by atoms with E-state index in [1.165, 1.54) is 5.56 Å². The van der Waals surface area contributed by atoms with Crippen LogP contribution in [-0.4, -0.2) is 54.2 Å². The molecule has 2 aliphatic rings. The number of nitrogens with one attached hydrogen (secondary N) is 2. The summed E-state index contributed by atoms with van der Waals surface area (Å²) in [6.07, 6.45) is 0.351. The Morgan fingerprint density at radius 3 is 2.51 bits per heavy atom. The van der Waals surface area contributed by atoms with Gasteiger partial charge in [-0.2, -0.15) is 10.1 Å². The van der Waals surface area contributed by atoms with Gasteiger partial charge in [0.1, 0.15) is 23.6 Å². The first-order valence-corrected chi connectivity index (χ1v) is 14.1. The molecule has 1 saturated heterocycles. The fourth-order valence-corrected chi connectivity index (χ4v) is 4.79. The molecular weight excluding hydrogens is 518 g/mol. The summed E-state index contributed by atoms with van der Waals surface area (Å²) in [5, 5.41) is 12.9. The van der Waals surface area contributed by atoms with E-state index in [-0.39, 0.29) is 24.2 Å². The van der Waals surface area contributed by atoms with Crippen molar-refractivity contribution in [2.75, 3.05) is 36.2 Å². The number of para-hydroxylation sites is 1. The van der Waals surface area contributed by atoms with Crippen LogP contribution in [-0.2, 0) is 11.3 Å². The maximum Gasteiger partial charge on any atom is 0.316 e. The van der Waals surface area contributed by atoms with E-state index in [4.69, 9.17) is 14.6 Å². The number of nitrogens with zero attached hydrogens (tertiary/aromatic N) is 5. The number of ether oxygens (including phenoxy) is 2. The predicted molar refractivity (Wildman–Crippen MR) is 161 cm³/mol. The Kier molecular flexibility index (Phi) is 8.39. The molecule has 1 aromatic heterocycles. The van der Waals surface area contributed by atoms with E-state index in [0.717, 1.165) is 35.9 Å². The molecule has 1 fully saturated rings. The summed E-state index contributed by atoms with van der Waals surface area (Å²) in [6.45, 7) is 13.5. The van der Waals surface area contributed by atoms with Gasteiger partial charge in [-0.15, -0.1) is 0 Å². The standard InChI is InChI=1S/C31H39N7O3/c1-21-10-12-24(13-11-21)38-28(18-26(36-38)31(3,4)5)35-30(39)32-20-23-8-6-7-9-25(23)41-29-19-27(33-22(2)34-29)37-14-16-40-17-15-37/h6-13,19,28H,14-18,20H2,1-5H3,(H2,32,35,39). The second-order valence-electron chi connectivity index (χ2n) is 11.4. The van der Waals surface area contributed by atoms with Crippen LogP contribution in [0.2, 0.25) is 0 Å². The fourth-order valence-electron chi connectivity index (χ4n) is 4.79. The molecular formula is C31H39N7O3. The van der Waals surface area contributed by atoms with E-state index in [2.05, 4.69) is 65.3 Å². The van der Waals surface area contributed by atoms with Crippen LogP contribution < -0.4 is 25.3 Å². The van der Waals surface area contributed by atoms with Crippen molar-refractivity contribution in [3.8, 4) is 11.6 Å². The number of aryl methyl sites for hydroxylation is 2. The summed E-state index contributed by atoms with van der Waals surface area (Å²) in [5.41, 5.74) is 3.88. The summed E-state index contributed by atoms with van der Waals surface area (Å²) < 4.78 is 11.7. The normalized spacial score (nSPS) is 17.3. The van der Waals surface area contributed by atoms with Crippen LogP contribution in [0, 0.1) is 19.3 Å². The van der Waals surface area contributed by atoms with Crippen LogP contribution in [0.4, 0.5) is 16.3 Å². The molecule has 5 rings (SSSR count). The Balaban J connectivity index is 1.25. The van der Waals surface area contributed by atoms with Crippen LogP contribution in [0.15, 0.2) is 59.7 Å². The molecule has 1 unspecified atom stereocenters. The quantitative estimate of drug-likeness (QED) is 0.414. The fraction of sp³-hybridized carbons (Fsp3) is 0.419. The lowest BCUT2D eigenvalue weighted by Crippen LogP contribution is -2.48. The minimum atomic E-state index is -0.291. The molecule has 2 N–H and O–H groups in total. The number of morpholine rings is 1. The highest BCUT2D eigenvalue weighted by atomic mass is 16.5. The molecule has 0 radical (unpaired) electrons. The summed E-state index contributed by atoms with van der Waals surface area (Å²) >= 11 is 0. The molecule has 2 aromatic carbocycles. The molecule has 3 heterocycles. The Hall–Kier alpha value is -4.18. The van der Waals surface area contributed by atoms with Crippen molar-refractivity contribution in [1.29, 1.82) is 0 Å². The zero-order valence-electron chi connectivity index (χ0n) is 24.5. The molecule has 1 atom stereocenters. The van der Waals surface area contributed by atoms with Gasteiger partial charge >= 0.3 is 6.03 Å². The van der Waals surface area contributed by atoms with Crippen molar-refractivity contribution >= 4 is 23.2 Å². The summed E-state index contributed by atoms with van der Waals surface area (Å²) in [7, 11) is 0. The highest BCUT2D eigenvalue weighted by Crippen LogP contribution is 2.31. The number of benzene rings is 2. The Morgan fingerprint density at radius 2 is 1.78 bits per heavy atom. The largest absolute Gasteiger partial charge is 0.438 e. The Labute approximate surface area is 241 Å². The van der Waals surface area contributed by atoms with Crippen LogP contribution >= 0.6 is 0 Å². The maximum absolute atomic E-state index is 13.1. The number of hydrogen-bond acceptors (Lipinski definition) is 8. The zero-order valence-corrected chi connectivity index (χ0v) is 24.5. The second kappa shape index (κ2) is 12.1. The van der Waals surface area contributed by atoms with Crippen LogP contribution in [0.5, 0.6) is 11.6 Å². The highest BCUT2D eigenvalue weighted by molar-refractivity contribution is 5.93. The Bertz CT molecular complexity index is 1400. The third-order valence-electron chi connectivity index (χ3n) is 7.13. The molecule has 0 saturated carbocycles. The molecule has 10 nitrogen and oxygen atoms in total. The number of hydrogen-bond donors (Lipinski definition) is 2. The first-order chi connectivity index (χ1) is 19.7. The zero-order chi connectivity index (χ0) is 29.0. The number of aromatic nitrogens is 2. The Morgan fingerprint density at radius 1 is 1.05 bits per heavy atom. The van der Waals surface area contributed by atoms with Crippen LogP contribution in [0.3, 0.4) is 0 Å². The average molecular weight is 558 g/mol. The molecule has 3 aromatic rings. The molecule has 0 aliphatic carbocycles. The van der Waals surface area contributed by atoms with E-state index in [9.17, 15) is 4.79 Å². The first-order valence-electron chi connectivity index (χ1n) is 14.1. The SMILES string of the molecule is Cc1ccc(N2N=C(C(C)(C)C)CC2NC(=O)NCc2ccccc2Oc2cc(N3CCOCC3)nc(C)n2)cc1. The van der Waals surface area contributed by atoms with Gasteiger partial charge in [0.15, 0.2) is 0 Å². The third-order valence-corrected chi connectivity index (χ3v) is 7.13. The number of anilines is 2. The smallest absolute Gasteiger partial charge is 0.316 e. The van der Waals surface area contributed by atoms with Gasteiger partial charge in [-0.05, 0) is 32.0 Å². The number of hydrazone groups is 1. The minimum absolute atomic E-state index is 0.104. The average Bonchev–Trinajstić information content (AvgIpc) is 3.37. The van der Waals surface area contributed by atoms with Gasteiger partial charge in [0, 0.05) is 48.8 Å². The molecule has 10 heteroatoms. The van der Waals surface area contributed by atoms with Gasteiger partial charge in [0.2, 0.25) is 5.88 Å². The van der Waals surface area contributed by atoms with Gasteiger partial charge in [-0.25, -0.2) is 14.8 Å². The van der Waals surface area contributed by atoms with Crippen molar-refractivity contribution < 1.29 is 14.3 Å². The highest BCUT2D eigenvalue weighted by Gasteiger charge is 2.34. The van der Waals surface area contributed by atoms with Gasteiger partial charge in [-0.1, -0.05) is 56.7 Å². The van der Waals surface area contributed by atoms with E-state index < -0.39 is 0 Å². The van der Waals surface area contributed by atoms with Crippen molar-refractivity contribution in [3.05, 3.63) is 71.5 Å². The minimum Gasteiger partial charge on any atom is -0.438 e. The summed E-state index contributed by atoms with van der Waals surface area (Å²) in [6, 6.07) is 17.4. The molecule has 216 valence electrons. The lowest BCUT2D eigenvalue weighted by atomic mass is 9.88. The van der Waals surface area contributed by atoms with Crippen molar-refractivity contribution in [2.24, 2.45) is 10.5 Å². The van der Waals surface area contributed by atoms with Crippen molar-refractivity contribution in [3.63, 3.8) is 0 Å². The van der Waals surface area contributed by atoms with Gasteiger partial charge in [0.25, 0.3) is 0 Å². The van der Waals surface area contributed by atoms with Crippen LogP contribution in [0.25, 0.3) is 0 Å². The van der Waals surface area contributed by atoms with E-state index >= 15 is 0 Å². The second-order valence-corrected chi connectivity index (χ2v) is 11.4. The predicted octanol–water partition coefficient (Wildman–Crippen LogP) is 5.16. The number of urea groups is 1. The van der Waals surface area contributed by atoms with Crippen molar-refractivity contribution in [2.45, 2.75) is 53.8 Å². The van der Waals surface area contributed by atoms with E-state index in [1.807, 2.05) is 54.4 Å². The lowest BCUT2D eigenvalue weighted by Gasteiger charge is -2.28. The first kappa shape index (κ1) is 28.4. The molecule has 2 amide bonds. The maximum atomic E-state index is 13.1. The van der Waals surface area contributed by atoms with Gasteiger partial charge in [0.05, 0.1) is 18.9 Å². The molecule has 0 spiro atoms. The van der Waals surface area contributed by atoms with Crippen molar-refractivity contribution in [1.82, 2.24) is 20.6 Å². The third kappa shape index (κ3) is 7.13. The van der Waals surface area contributed by atoms with Gasteiger partial charge in [-0.3, -0.25) is 0 Å².